The molecule has 5 nitrogen and oxygen atoms in total. The van der Waals surface area contributed by atoms with Crippen LogP contribution >= 0.6 is 0 Å². The maximum Gasteiger partial charge on any atom is 0.148 e. The molecule has 0 spiro atoms. The van der Waals surface area contributed by atoms with Gasteiger partial charge in [-0.3, -0.25) is 9.38 Å². The van der Waals surface area contributed by atoms with Gasteiger partial charge in [0, 0.05) is 49.9 Å². The molecule has 0 amide bonds. The molecule has 0 unspecified atom stereocenters. The number of rotatable bonds is 2. The number of aromatic nitrogens is 5. The number of pyridine rings is 2. The third-order valence-corrected chi connectivity index (χ3v) is 9.85. The molecule has 0 aliphatic rings. The Hall–Kier alpha value is -6.46. The van der Waals surface area contributed by atoms with Gasteiger partial charge in [0.2, 0.25) is 0 Å². The van der Waals surface area contributed by atoms with E-state index in [0.29, 0.717) is 0 Å². The summed E-state index contributed by atoms with van der Waals surface area (Å²) in [6.45, 7) is 0. The first-order chi connectivity index (χ1) is 23.4. The lowest BCUT2D eigenvalue weighted by Crippen LogP contribution is -2.00. The van der Waals surface area contributed by atoms with E-state index in [2.05, 4.69) is 158 Å². The monoisotopic (exact) mass is 599 g/mol. The van der Waals surface area contributed by atoms with Crippen LogP contribution in [0.3, 0.4) is 0 Å². The highest BCUT2D eigenvalue weighted by Crippen LogP contribution is 2.49. The minimum absolute atomic E-state index is 0.929. The number of nitrogens with zero attached hydrogens (tertiary/aromatic N) is 5. The smallest absolute Gasteiger partial charge is 0.148 e. The first-order valence-electron chi connectivity index (χ1n) is 15.9. The highest BCUT2D eigenvalue weighted by atomic mass is 15.0. The number of benzene rings is 6. The molecule has 0 saturated heterocycles. The van der Waals surface area contributed by atoms with Crippen LogP contribution in [0.25, 0.3) is 93.3 Å². The average Bonchev–Trinajstić information content (AvgIpc) is 3.80. The van der Waals surface area contributed by atoms with Crippen LogP contribution in [0.5, 0.6) is 0 Å². The van der Waals surface area contributed by atoms with Gasteiger partial charge in [0.05, 0.1) is 50.2 Å². The SMILES string of the molecule is c1ccc(-n2c3ccccc3c3c4c5ccccc5n(-c5ccccc5)c4c4c(c5ccncc5n5c6ccccc6nc45)c32)cc1. The van der Waals surface area contributed by atoms with Crippen LogP contribution in [0.2, 0.25) is 0 Å². The second kappa shape index (κ2) is 9.05. The zero-order valence-electron chi connectivity index (χ0n) is 25.2. The molecule has 0 atom stereocenters. The van der Waals surface area contributed by atoms with Crippen molar-refractivity contribution in [3.05, 3.63) is 152 Å². The summed E-state index contributed by atoms with van der Waals surface area (Å²) in [5.74, 6) is 0. The minimum Gasteiger partial charge on any atom is -0.309 e. The zero-order chi connectivity index (χ0) is 30.6. The van der Waals surface area contributed by atoms with Crippen molar-refractivity contribution in [3.8, 4) is 11.4 Å². The first-order valence-corrected chi connectivity index (χ1v) is 15.9. The van der Waals surface area contributed by atoms with Crippen LogP contribution in [0.1, 0.15) is 0 Å². The van der Waals surface area contributed by atoms with Crippen molar-refractivity contribution >= 4 is 82.0 Å². The predicted molar refractivity (Wildman–Crippen MR) is 194 cm³/mol. The van der Waals surface area contributed by atoms with Gasteiger partial charge in [-0.2, -0.15) is 0 Å². The van der Waals surface area contributed by atoms with Crippen LogP contribution in [0.15, 0.2) is 152 Å². The van der Waals surface area contributed by atoms with E-state index in [0.717, 1.165) is 49.9 Å². The quantitative estimate of drug-likeness (QED) is 0.186. The molecule has 0 bridgehead atoms. The van der Waals surface area contributed by atoms with Gasteiger partial charge in [-0.15, -0.1) is 0 Å². The number of imidazole rings is 1. The van der Waals surface area contributed by atoms with Crippen molar-refractivity contribution in [2.24, 2.45) is 0 Å². The lowest BCUT2D eigenvalue weighted by atomic mass is 9.97. The Balaban J connectivity index is 1.59. The van der Waals surface area contributed by atoms with Crippen molar-refractivity contribution in [1.29, 1.82) is 0 Å². The summed E-state index contributed by atoms with van der Waals surface area (Å²) >= 11 is 0. The van der Waals surface area contributed by atoms with Gasteiger partial charge in [0.1, 0.15) is 5.65 Å². The maximum absolute atomic E-state index is 5.42. The van der Waals surface area contributed by atoms with Gasteiger partial charge in [-0.25, -0.2) is 4.98 Å². The summed E-state index contributed by atoms with van der Waals surface area (Å²) in [5, 5.41) is 8.37. The van der Waals surface area contributed by atoms with Crippen LogP contribution < -0.4 is 0 Å². The summed E-state index contributed by atoms with van der Waals surface area (Å²) in [6, 6.07) is 49.8. The highest BCUT2D eigenvalue weighted by Gasteiger charge is 2.28. The molecule has 11 aromatic rings. The van der Waals surface area contributed by atoms with Crippen molar-refractivity contribution in [3.63, 3.8) is 0 Å². The second-order valence-electron chi connectivity index (χ2n) is 12.2. The van der Waals surface area contributed by atoms with Crippen molar-refractivity contribution in [1.82, 2.24) is 23.5 Å². The predicted octanol–water partition coefficient (Wildman–Crippen LogP) is 10.4. The zero-order valence-corrected chi connectivity index (χ0v) is 25.2. The average molecular weight is 600 g/mol. The molecular formula is C42H25N5. The summed E-state index contributed by atoms with van der Waals surface area (Å²) in [4.78, 5) is 10.1. The molecule has 0 aliphatic carbocycles. The van der Waals surface area contributed by atoms with E-state index in [1.165, 1.54) is 43.5 Å². The molecule has 11 rings (SSSR count). The van der Waals surface area contributed by atoms with Crippen molar-refractivity contribution < 1.29 is 0 Å². The van der Waals surface area contributed by atoms with E-state index in [4.69, 9.17) is 4.98 Å². The summed E-state index contributed by atoms with van der Waals surface area (Å²) in [6.07, 6.45) is 3.92. The molecule has 5 heterocycles. The first kappa shape index (κ1) is 24.8. The lowest BCUT2D eigenvalue weighted by Gasteiger charge is -2.16. The molecular weight excluding hydrogens is 574 g/mol. The third-order valence-electron chi connectivity index (χ3n) is 9.85. The summed E-state index contributed by atoms with van der Waals surface area (Å²) < 4.78 is 7.22. The van der Waals surface area contributed by atoms with E-state index in [1.54, 1.807) is 0 Å². The standard InChI is InChI=1S/C42H25N5/c1-3-13-26(14-4-1)45-32-20-10-7-17-28(32)36-37-29-18-8-11-21-33(29)46(27-15-5-2-6-16-27)41(37)39-38(40(36)45)30-23-24-43-25-35(30)47-34-22-12-9-19-31(34)44-42(39)47/h1-25H. The summed E-state index contributed by atoms with van der Waals surface area (Å²) in [5.41, 5.74) is 10.9. The lowest BCUT2D eigenvalue weighted by molar-refractivity contribution is 1.18. The minimum atomic E-state index is 0.929. The third kappa shape index (κ3) is 3.12. The highest BCUT2D eigenvalue weighted by molar-refractivity contribution is 6.42. The fourth-order valence-electron chi connectivity index (χ4n) is 8.08. The van der Waals surface area contributed by atoms with Crippen LogP contribution in [-0.4, -0.2) is 23.5 Å². The largest absolute Gasteiger partial charge is 0.309 e. The molecule has 6 aromatic carbocycles. The molecule has 0 saturated carbocycles. The van der Waals surface area contributed by atoms with Gasteiger partial charge in [-0.1, -0.05) is 84.9 Å². The van der Waals surface area contributed by atoms with E-state index in [-0.39, 0.29) is 0 Å². The van der Waals surface area contributed by atoms with E-state index < -0.39 is 0 Å². The maximum atomic E-state index is 5.42. The Morgan fingerprint density at radius 2 is 0.894 bits per heavy atom. The van der Waals surface area contributed by atoms with Gasteiger partial charge >= 0.3 is 0 Å². The van der Waals surface area contributed by atoms with Gasteiger partial charge in [0.25, 0.3) is 0 Å². The molecule has 5 aromatic heterocycles. The Labute approximate surface area is 268 Å². The van der Waals surface area contributed by atoms with Crippen molar-refractivity contribution in [2.45, 2.75) is 0 Å². The molecule has 0 radical (unpaired) electrons. The Morgan fingerprint density at radius 3 is 1.53 bits per heavy atom. The Bertz CT molecular complexity index is 3060. The van der Waals surface area contributed by atoms with Crippen molar-refractivity contribution in [2.75, 3.05) is 0 Å². The number of hydrogen-bond donors (Lipinski definition) is 0. The number of fused-ring (bicyclic) bond motifs is 17. The van der Waals surface area contributed by atoms with Crippen LogP contribution in [0, 0.1) is 0 Å². The second-order valence-corrected chi connectivity index (χ2v) is 12.2. The number of hydrogen-bond acceptors (Lipinski definition) is 2. The fourth-order valence-corrected chi connectivity index (χ4v) is 8.08. The molecule has 0 fully saturated rings. The van der Waals surface area contributed by atoms with E-state index in [1.807, 2.05) is 12.4 Å². The summed E-state index contributed by atoms with van der Waals surface area (Å²) in [7, 11) is 0. The molecule has 47 heavy (non-hydrogen) atoms. The Kier molecular flexibility index (Phi) is 4.78. The van der Waals surface area contributed by atoms with Gasteiger partial charge < -0.3 is 9.13 Å². The normalized spacial score (nSPS) is 12.3. The number of para-hydroxylation sites is 6. The van der Waals surface area contributed by atoms with Crippen LogP contribution in [0.4, 0.5) is 0 Å². The van der Waals surface area contributed by atoms with E-state index >= 15 is 0 Å². The van der Waals surface area contributed by atoms with Gasteiger partial charge in [0.15, 0.2) is 0 Å². The Morgan fingerprint density at radius 1 is 0.404 bits per heavy atom. The topological polar surface area (TPSA) is 40.0 Å². The van der Waals surface area contributed by atoms with E-state index in [9.17, 15) is 0 Å². The van der Waals surface area contributed by atoms with Crippen LogP contribution in [-0.2, 0) is 0 Å². The molecule has 5 heteroatoms. The molecule has 0 aliphatic heterocycles. The molecule has 0 N–H and O–H groups in total. The fraction of sp³-hybridized carbons (Fsp3) is 0. The molecule has 218 valence electrons. The van der Waals surface area contributed by atoms with Gasteiger partial charge in [-0.05, 0) is 54.6 Å².